The normalized spacial score (nSPS) is 13.8. The quantitative estimate of drug-likeness (QED) is 0.849. The van der Waals surface area contributed by atoms with E-state index in [0.29, 0.717) is 18.7 Å². The van der Waals surface area contributed by atoms with Crippen LogP contribution in [-0.4, -0.2) is 24.5 Å². The first-order chi connectivity index (χ1) is 9.35. The molecule has 2 rings (SSSR count). The van der Waals surface area contributed by atoms with Gasteiger partial charge in [0.1, 0.15) is 5.75 Å². The van der Waals surface area contributed by atoms with Gasteiger partial charge in [0.2, 0.25) is 5.91 Å². The Morgan fingerprint density at radius 3 is 3.24 bits per heavy atom. The largest absolute Gasteiger partial charge is 0.497 e. The fourth-order valence-electron chi connectivity index (χ4n) is 1.80. The van der Waals surface area contributed by atoms with E-state index in [1.165, 1.54) is 6.92 Å². The number of hydrogen-bond donors (Lipinski definition) is 2. The molecule has 90 valence electrons. The zero-order valence-electron chi connectivity index (χ0n) is 12.5. The van der Waals surface area contributed by atoms with Gasteiger partial charge in [-0.25, -0.2) is 0 Å². The molecule has 0 aliphatic carbocycles. The topological polar surface area (TPSA) is 54.1 Å². The van der Waals surface area contributed by atoms with Crippen molar-refractivity contribution in [1.29, 1.82) is 0 Å². The molecule has 0 saturated heterocycles. The van der Waals surface area contributed by atoms with Gasteiger partial charge in [-0.3, -0.25) is 4.79 Å². The highest BCUT2D eigenvalue weighted by Crippen LogP contribution is 2.23. The molecule has 2 N–H and O–H groups in total. The third-order valence-electron chi connectivity index (χ3n) is 2.63. The molecule has 1 aromatic carbocycles. The summed E-state index contributed by atoms with van der Waals surface area (Å²) in [6.45, 7) is 2.00. The van der Waals surface area contributed by atoms with Gasteiger partial charge in [-0.15, -0.1) is 0 Å². The minimum Gasteiger partial charge on any atom is -0.497 e. The van der Waals surface area contributed by atoms with Crippen molar-refractivity contribution in [1.82, 2.24) is 10.3 Å². The number of fused-ring (bicyclic) bond motifs is 1. The van der Waals surface area contributed by atoms with Crippen LogP contribution in [0.4, 0.5) is 0 Å². The number of methoxy groups -OCH3 is 1. The first kappa shape index (κ1) is 8.17. The predicted molar refractivity (Wildman–Crippen MR) is 67.2 cm³/mol. The third-order valence-corrected chi connectivity index (χ3v) is 2.63. The number of H-pyrrole nitrogens is 1. The maximum Gasteiger partial charge on any atom is 0.216 e. The molecule has 4 heteroatoms. The summed E-state index contributed by atoms with van der Waals surface area (Å²) >= 11 is 0. The zero-order valence-corrected chi connectivity index (χ0v) is 9.54. The van der Waals surface area contributed by atoms with E-state index in [1.807, 2.05) is 6.20 Å². The van der Waals surface area contributed by atoms with Crippen LogP contribution in [0.25, 0.3) is 10.9 Å². The SMILES string of the molecule is [2H]C([2H])([2H])Oc1ccc2[nH]cc(CCNC(C)=O)c2c1. The molecule has 0 aliphatic rings. The number of carbonyl (C=O) groups excluding carboxylic acids is 1. The second-order valence-electron chi connectivity index (χ2n) is 3.86. The van der Waals surface area contributed by atoms with Crippen molar-refractivity contribution < 1.29 is 13.6 Å². The van der Waals surface area contributed by atoms with Crippen LogP contribution in [0.3, 0.4) is 0 Å². The fraction of sp³-hybridized carbons (Fsp3) is 0.308. The number of hydrogen-bond acceptors (Lipinski definition) is 2. The molecule has 0 saturated carbocycles. The summed E-state index contributed by atoms with van der Waals surface area (Å²) in [4.78, 5) is 14.0. The lowest BCUT2D eigenvalue weighted by molar-refractivity contribution is -0.118. The summed E-state index contributed by atoms with van der Waals surface area (Å²) in [5, 5.41) is 3.63. The molecule has 4 nitrogen and oxygen atoms in total. The van der Waals surface area contributed by atoms with Crippen molar-refractivity contribution in [3.05, 3.63) is 30.0 Å². The summed E-state index contributed by atoms with van der Waals surface area (Å²) in [5.41, 5.74) is 1.91. The summed E-state index contributed by atoms with van der Waals surface area (Å²) in [7, 11) is -2.46. The van der Waals surface area contributed by atoms with Gasteiger partial charge in [-0.05, 0) is 30.2 Å². The monoisotopic (exact) mass is 235 g/mol. The molecule has 0 atom stereocenters. The Balaban J connectivity index is 2.19. The van der Waals surface area contributed by atoms with Crippen LogP contribution in [0.5, 0.6) is 5.75 Å². The predicted octanol–water partition coefficient (Wildman–Crippen LogP) is 1.86. The average Bonchev–Trinajstić information content (AvgIpc) is 2.69. The molecular weight excluding hydrogens is 216 g/mol. The van der Waals surface area contributed by atoms with Gasteiger partial charge < -0.3 is 15.0 Å². The maximum absolute atomic E-state index is 10.8. The Kier molecular flexibility index (Phi) is 2.36. The van der Waals surface area contributed by atoms with Crippen LogP contribution < -0.4 is 10.1 Å². The van der Waals surface area contributed by atoms with E-state index in [0.717, 1.165) is 16.5 Å². The molecule has 0 bridgehead atoms. The highest BCUT2D eigenvalue weighted by atomic mass is 16.5. The van der Waals surface area contributed by atoms with Gasteiger partial charge >= 0.3 is 0 Å². The van der Waals surface area contributed by atoms with Crippen LogP contribution in [-0.2, 0) is 11.2 Å². The smallest absolute Gasteiger partial charge is 0.216 e. The molecule has 2 aromatic rings. The van der Waals surface area contributed by atoms with Crippen LogP contribution in [0.15, 0.2) is 24.4 Å². The Hall–Kier alpha value is -1.97. The summed E-state index contributed by atoms with van der Waals surface area (Å²) in [6.07, 6.45) is 2.52. The molecule has 17 heavy (non-hydrogen) atoms. The minimum absolute atomic E-state index is 0.0729. The van der Waals surface area contributed by atoms with Gasteiger partial charge in [-0.1, -0.05) is 0 Å². The number of ether oxygens (including phenoxy) is 1. The lowest BCUT2D eigenvalue weighted by atomic mass is 10.1. The van der Waals surface area contributed by atoms with Gasteiger partial charge in [0.05, 0.1) is 11.2 Å². The molecule has 0 unspecified atom stereocenters. The second kappa shape index (κ2) is 4.91. The molecule has 0 aliphatic heterocycles. The number of carbonyl (C=O) groups is 1. The van der Waals surface area contributed by atoms with Gasteiger partial charge in [0.15, 0.2) is 0 Å². The third kappa shape index (κ3) is 2.58. The minimum atomic E-state index is -2.46. The molecule has 0 radical (unpaired) electrons. The molecule has 1 amide bonds. The molecule has 1 heterocycles. The average molecular weight is 235 g/mol. The lowest BCUT2D eigenvalue weighted by Crippen LogP contribution is -2.22. The van der Waals surface area contributed by atoms with Crippen LogP contribution >= 0.6 is 0 Å². The number of nitrogens with one attached hydrogen (secondary N) is 2. The molecule has 0 spiro atoms. The first-order valence-corrected chi connectivity index (χ1v) is 5.38. The van der Waals surface area contributed by atoms with E-state index < -0.39 is 7.04 Å². The van der Waals surface area contributed by atoms with Crippen LogP contribution in [0.2, 0.25) is 0 Å². The van der Waals surface area contributed by atoms with Crippen molar-refractivity contribution in [3.63, 3.8) is 0 Å². The van der Waals surface area contributed by atoms with E-state index in [1.54, 1.807) is 18.2 Å². The zero-order chi connectivity index (χ0) is 14.8. The highest BCUT2D eigenvalue weighted by Gasteiger charge is 2.05. The number of aromatic amines is 1. The van der Waals surface area contributed by atoms with Gasteiger partial charge in [-0.2, -0.15) is 0 Å². The van der Waals surface area contributed by atoms with E-state index in [2.05, 4.69) is 10.3 Å². The van der Waals surface area contributed by atoms with Crippen LogP contribution in [0.1, 0.15) is 16.6 Å². The first-order valence-electron chi connectivity index (χ1n) is 6.88. The molecule has 1 aromatic heterocycles. The van der Waals surface area contributed by atoms with E-state index in [-0.39, 0.29) is 5.91 Å². The van der Waals surface area contributed by atoms with Crippen LogP contribution in [0, 0.1) is 0 Å². The second-order valence-corrected chi connectivity index (χ2v) is 3.86. The van der Waals surface area contributed by atoms with Crippen molar-refractivity contribution >= 4 is 16.8 Å². The lowest BCUT2D eigenvalue weighted by Gasteiger charge is -2.03. The van der Waals surface area contributed by atoms with Crippen molar-refractivity contribution in [2.45, 2.75) is 13.3 Å². The van der Waals surface area contributed by atoms with Gasteiger partial charge in [0.25, 0.3) is 0 Å². The van der Waals surface area contributed by atoms with E-state index in [9.17, 15) is 4.79 Å². The Morgan fingerprint density at radius 2 is 2.47 bits per heavy atom. The summed E-state index contributed by atoms with van der Waals surface area (Å²) < 4.78 is 26.2. The Labute approximate surface area is 104 Å². The standard InChI is InChI=1S/C13H16N2O2/c1-9(16)14-6-5-10-8-15-13-4-3-11(17-2)7-12(10)13/h3-4,7-8,15H,5-6H2,1-2H3,(H,14,16)/i2D3. The summed E-state index contributed by atoms with van der Waals surface area (Å²) in [5.74, 6) is 0.231. The van der Waals surface area contributed by atoms with Crippen molar-refractivity contribution in [2.75, 3.05) is 13.6 Å². The maximum atomic E-state index is 10.8. The van der Waals surface area contributed by atoms with Crippen molar-refractivity contribution in [2.24, 2.45) is 0 Å². The summed E-state index contributed by atoms with van der Waals surface area (Å²) in [6, 6.07) is 5.09. The number of benzene rings is 1. The highest BCUT2D eigenvalue weighted by molar-refractivity contribution is 5.84. The number of rotatable bonds is 4. The molecular formula is C13H16N2O2. The van der Waals surface area contributed by atoms with E-state index in [4.69, 9.17) is 8.85 Å². The fourth-order valence-corrected chi connectivity index (χ4v) is 1.80. The molecule has 0 fully saturated rings. The Bertz CT molecular complexity index is 620. The Morgan fingerprint density at radius 1 is 1.59 bits per heavy atom. The number of aromatic nitrogens is 1. The van der Waals surface area contributed by atoms with E-state index >= 15 is 0 Å². The van der Waals surface area contributed by atoms with Crippen molar-refractivity contribution in [3.8, 4) is 5.75 Å². The van der Waals surface area contributed by atoms with Gasteiger partial charge in [0, 0.05) is 30.6 Å². The number of amides is 1.